The van der Waals surface area contributed by atoms with Crippen LogP contribution in [-0.2, 0) is 6.54 Å². The van der Waals surface area contributed by atoms with Crippen LogP contribution in [0, 0.1) is 11.8 Å². The molecule has 2 aromatic carbocycles. The molecule has 0 atom stereocenters. The van der Waals surface area contributed by atoms with Crippen LogP contribution in [0.2, 0.25) is 0 Å². The Balaban J connectivity index is 2.01. The lowest BCUT2D eigenvalue weighted by atomic mass is 10.1. The molecule has 0 saturated carbocycles. The van der Waals surface area contributed by atoms with Crippen molar-refractivity contribution in [1.29, 1.82) is 0 Å². The second-order valence-electron chi connectivity index (χ2n) is 5.58. The van der Waals surface area contributed by atoms with Crippen LogP contribution < -0.4 is 4.74 Å². The molecule has 0 aliphatic rings. The third-order valence-electron chi connectivity index (χ3n) is 3.73. The predicted molar refractivity (Wildman–Crippen MR) is 91.5 cm³/mol. The van der Waals surface area contributed by atoms with E-state index < -0.39 is 12.3 Å². The number of carboxylic acids is 1. The molecule has 27 heavy (non-hydrogen) atoms. The average Bonchev–Trinajstić information content (AvgIpc) is 2.93. The second kappa shape index (κ2) is 7.03. The summed E-state index contributed by atoms with van der Waals surface area (Å²) in [5.74, 6) is 4.13. The summed E-state index contributed by atoms with van der Waals surface area (Å²) in [4.78, 5) is 11.6. The van der Waals surface area contributed by atoms with Crippen LogP contribution in [0.4, 0.5) is 13.2 Å². The van der Waals surface area contributed by atoms with Gasteiger partial charge in [-0.15, -0.1) is 13.2 Å². The van der Waals surface area contributed by atoms with Crippen molar-refractivity contribution in [3.8, 4) is 17.6 Å². The van der Waals surface area contributed by atoms with Gasteiger partial charge >= 0.3 is 12.3 Å². The minimum absolute atomic E-state index is 0.0705. The molecular formula is C19H13F3N2O3. The van der Waals surface area contributed by atoms with Crippen molar-refractivity contribution in [1.82, 2.24) is 9.78 Å². The molecule has 3 rings (SSSR count). The van der Waals surface area contributed by atoms with Gasteiger partial charge in [-0.3, -0.25) is 4.68 Å². The largest absolute Gasteiger partial charge is 0.573 e. The molecule has 0 aliphatic heterocycles. The van der Waals surface area contributed by atoms with Gasteiger partial charge in [-0.2, -0.15) is 5.10 Å². The smallest absolute Gasteiger partial charge is 0.478 e. The maximum atomic E-state index is 12.3. The minimum Gasteiger partial charge on any atom is -0.478 e. The van der Waals surface area contributed by atoms with E-state index in [2.05, 4.69) is 21.7 Å². The van der Waals surface area contributed by atoms with Crippen LogP contribution >= 0.6 is 0 Å². The summed E-state index contributed by atoms with van der Waals surface area (Å²) < 4.78 is 42.1. The second-order valence-corrected chi connectivity index (χ2v) is 5.58. The van der Waals surface area contributed by atoms with E-state index in [0.717, 1.165) is 0 Å². The van der Waals surface area contributed by atoms with E-state index in [9.17, 15) is 23.1 Å². The van der Waals surface area contributed by atoms with Gasteiger partial charge in [0.2, 0.25) is 0 Å². The van der Waals surface area contributed by atoms with Gasteiger partial charge in [0.25, 0.3) is 0 Å². The molecular weight excluding hydrogens is 361 g/mol. The van der Waals surface area contributed by atoms with Crippen LogP contribution in [0.25, 0.3) is 10.9 Å². The molecule has 0 radical (unpaired) electrons. The fraction of sp³-hybridized carbons (Fsp3) is 0.158. The van der Waals surface area contributed by atoms with Crippen LogP contribution in [0.1, 0.15) is 28.5 Å². The number of aromatic carboxylic acids is 1. The molecule has 8 heteroatoms. The van der Waals surface area contributed by atoms with Gasteiger partial charge in [0.1, 0.15) is 11.4 Å². The zero-order chi connectivity index (χ0) is 19.6. The Hall–Kier alpha value is -3.47. The molecule has 1 N–H and O–H groups in total. The van der Waals surface area contributed by atoms with Crippen molar-refractivity contribution < 1.29 is 27.8 Å². The van der Waals surface area contributed by atoms with Crippen molar-refractivity contribution in [3.05, 3.63) is 59.3 Å². The Bertz CT molecular complexity index is 1060. The van der Waals surface area contributed by atoms with Crippen LogP contribution in [0.15, 0.2) is 42.5 Å². The molecule has 0 saturated heterocycles. The number of hydrogen-bond acceptors (Lipinski definition) is 3. The van der Waals surface area contributed by atoms with Crippen LogP contribution in [-0.4, -0.2) is 27.2 Å². The molecule has 138 valence electrons. The fourth-order valence-corrected chi connectivity index (χ4v) is 2.70. The molecule has 3 aromatic rings. The van der Waals surface area contributed by atoms with Gasteiger partial charge in [0.05, 0.1) is 17.6 Å². The first-order chi connectivity index (χ1) is 12.8. The number of ether oxygens (including phenoxy) is 1. The number of hydrogen-bond donors (Lipinski definition) is 1. The number of carboxylic acid groups (broad SMARTS) is 1. The number of para-hydroxylation sites is 1. The molecule has 1 heterocycles. The predicted octanol–water partition coefficient (Wildman–Crippen LogP) is 4.05. The third-order valence-corrected chi connectivity index (χ3v) is 3.73. The van der Waals surface area contributed by atoms with Crippen molar-refractivity contribution in [3.63, 3.8) is 0 Å². The van der Waals surface area contributed by atoms with Crippen molar-refractivity contribution in [2.24, 2.45) is 0 Å². The summed E-state index contributed by atoms with van der Waals surface area (Å²) in [5.41, 5.74) is 1.54. The highest BCUT2D eigenvalue weighted by atomic mass is 19.4. The van der Waals surface area contributed by atoms with Gasteiger partial charge in [-0.1, -0.05) is 24.1 Å². The topological polar surface area (TPSA) is 64.4 Å². The number of nitrogens with zero attached hydrogens (tertiary/aromatic N) is 2. The molecule has 1 aromatic heterocycles. The van der Waals surface area contributed by atoms with Gasteiger partial charge in [-0.25, -0.2) is 4.79 Å². The average molecular weight is 374 g/mol. The van der Waals surface area contributed by atoms with Crippen LogP contribution in [0.5, 0.6) is 5.75 Å². The zero-order valence-corrected chi connectivity index (χ0v) is 14.0. The van der Waals surface area contributed by atoms with Crippen LogP contribution in [0.3, 0.4) is 0 Å². The van der Waals surface area contributed by atoms with Gasteiger partial charge < -0.3 is 9.84 Å². The Morgan fingerprint density at radius 3 is 2.52 bits per heavy atom. The lowest BCUT2D eigenvalue weighted by Gasteiger charge is -2.10. The summed E-state index contributed by atoms with van der Waals surface area (Å²) in [6.45, 7) is 1.81. The highest BCUT2D eigenvalue weighted by Gasteiger charge is 2.31. The molecule has 0 spiro atoms. The molecule has 0 unspecified atom stereocenters. The SMILES string of the molecule is CC#Cc1nn(Cc2ccc(OC(F)(F)F)cc2)c2c(C(=O)O)cccc12. The monoisotopic (exact) mass is 374 g/mol. The molecule has 5 nitrogen and oxygen atoms in total. The van der Waals surface area contributed by atoms with Crippen molar-refractivity contribution in [2.45, 2.75) is 19.8 Å². The van der Waals surface area contributed by atoms with Crippen molar-refractivity contribution >= 4 is 16.9 Å². The van der Waals surface area contributed by atoms with E-state index in [1.54, 1.807) is 19.1 Å². The van der Waals surface area contributed by atoms with E-state index in [-0.39, 0.29) is 17.9 Å². The third kappa shape index (κ3) is 4.03. The summed E-state index contributed by atoms with van der Waals surface area (Å²) >= 11 is 0. The Morgan fingerprint density at radius 2 is 1.93 bits per heavy atom. The highest BCUT2D eigenvalue weighted by molar-refractivity contribution is 6.03. The maximum Gasteiger partial charge on any atom is 0.573 e. The summed E-state index contributed by atoms with van der Waals surface area (Å²) in [5, 5.41) is 14.4. The van der Waals surface area contributed by atoms with E-state index in [0.29, 0.717) is 22.2 Å². The molecule has 0 bridgehead atoms. The van der Waals surface area contributed by atoms with E-state index in [1.807, 2.05) is 0 Å². The standard InChI is InChI=1S/C19H13F3N2O3/c1-2-4-16-14-5-3-6-15(18(25)26)17(14)24(23-16)11-12-7-9-13(10-8-12)27-19(20,21)22/h3,5-10H,11H2,1H3,(H,25,26). The number of aromatic nitrogens is 2. The summed E-state index contributed by atoms with van der Waals surface area (Å²) in [7, 11) is 0. The lowest BCUT2D eigenvalue weighted by molar-refractivity contribution is -0.274. The minimum atomic E-state index is -4.76. The van der Waals surface area contributed by atoms with Crippen molar-refractivity contribution in [2.75, 3.05) is 0 Å². The lowest BCUT2D eigenvalue weighted by Crippen LogP contribution is -2.17. The summed E-state index contributed by atoms with van der Waals surface area (Å²) in [6, 6.07) is 10.1. The van der Waals surface area contributed by atoms with Gasteiger partial charge in [0, 0.05) is 5.39 Å². The number of carbonyl (C=O) groups is 1. The molecule has 0 fully saturated rings. The Labute approximate surface area is 152 Å². The number of rotatable bonds is 4. The van der Waals surface area contributed by atoms with Gasteiger partial charge in [0.15, 0.2) is 0 Å². The number of benzene rings is 2. The normalized spacial score (nSPS) is 11.1. The molecule has 0 amide bonds. The maximum absolute atomic E-state index is 12.3. The summed E-state index contributed by atoms with van der Waals surface area (Å²) in [6.07, 6.45) is -4.76. The first kappa shape index (κ1) is 18.3. The Morgan fingerprint density at radius 1 is 1.22 bits per heavy atom. The molecule has 0 aliphatic carbocycles. The Kier molecular flexibility index (Phi) is 4.77. The zero-order valence-electron chi connectivity index (χ0n) is 14.0. The number of fused-ring (bicyclic) bond motifs is 1. The number of alkyl halides is 3. The number of halogens is 3. The van der Waals surface area contributed by atoms with E-state index in [4.69, 9.17) is 0 Å². The first-order valence-electron chi connectivity index (χ1n) is 7.79. The van der Waals surface area contributed by atoms with E-state index >= 15 is 0 Å². The van der Waals surface area contributed by atoms with E-state index in [1.165, 1.54) is 35.0 Å². The first-order valence-corrected chi connectivity index (χ1v) is 7.79. The fourth-order valence-electron chi connectivity index (χ4n) is 2.70. The van der Waals surface area contributed by atoms with Gasteiger partial charge in [-0.05, 0) is 42.7 Å². The highest BCUT2D eigenvalue weighted by Crippen LogP contribution is 2.25. The quantitative estimate of drug-likeness (QED) is 0.700.